The summed E-state index contributed by atoms with van der Waals surface area (Å²) < 4.78 is 0. The topological polar surface area (TPSA) is 49.2 Å². The number of hydrogen-bond donors (Lipinski definition) is 1. The molecule has 4 heteroatoms. The van der Waals surface area contributed by atoms with Gasteiger partial charge in [-0.2, -0.15) is 0 Å². The Labute approximate surface area is 113 Å². The van der Waals surface area contributed by atoms with E-state index in [4.69, 9.17) is 5.11 Å². The Morgan fingerprint density at radius 1 is 1.26 bits per heavy atom. The minimum absolute atomic E-state index is 0.0283. The molecule has 0 aromatic carbocycles. The monoisotopic (exact) mass is 257 g/mol. The quantitative estimate of drug-likeness (QED) is 0.893. The van der Waals surface area contributed by atoms with Crippen molar-refractivity contribution in [3.63, 3.8) is 0 Å². The summed E-state index contributed by atoms with van der Waals surface area (Å²) in [6.45, 7) is 5.75. The van der Waals surface area contributed by atoms with Gasteiger partial charge in [-0.3, -0.25) is 4.98 Å². The largest absolute Gasteiger partial charge is 0.392 e. The average Bonchev–Trinajstić information content (AvgIpc) is 2.46. The van der Waals surface area contributed by atoms with Gasteiger partial charge in [-0.05, 0) is 43.2 Å². The van der Waals surface area contributed by atoms with Crippen LogP contribution in [0.2, 0.25) is 0 Å². The van der Waals surface area contributed by atoms with Crippen molar-refractivity contribution < 1.29 is 5.11 Å². The maximum Gasteiger partial charge on any atom is 0.131 e. The molecule has 0 aliphatic carbocycles. The third kappa shape index (κ3) is 3.29. The number of pyridine rings is 2. The Bertz CT molecular complexity index is 528. The van der Waals surface area contributed by atoms with Gasteiger partial charge in [-0.1, -0.05) is 6.07 Å². The molecule has 0 saturated heterocycles. The molecule has 0 aliphatic heterocycles. The van der Waals surface area contributed by atoms with Crippen LogP contribution in [-0.4, -0.2) is 21.6 Å². The van der Waals surface area contributed by atoms with E-state index in [1.807, 2.05) is 31.2 Å². The summed E-state index contributed by atoms with van der Waals surface area (Å²) >= 11 is 0. The van der Waals surface area contributed by atoms with Gasteiger partial charge in [-0.25, -0.2) is 4.98 Å². The summed E-state index contributed by atoms with van der Waals surface area (Å²) in [6, 6.07) is 7.90. The first-order chi connectivity index (χ1) is 9.24. The van der Waals surface area contributed by atoms with Gasteiger partial charge in [0.25, 0.3) is 0 Å². The number of hydrogen-bond acceptors (Lipinski definition) is 4. The molecule has 2 aromatic rings. The number of nitrogens with zero attached hydrogens (tertiary/aromatic N) is 3. The molecule has 2 heterocycles. The number of aliphatic hydroxyl groups excluding tert-OH is 1. The number of aromatic nitrogens is 2. The lowest BCUT2D eigenvalue weighted by atomic mass is 10.2. The molecule has 100 valence electrons. The molecular formula is C15H19N3O. The molecule has 0 atom stereocenters. The lowest BCUT2D eigenvalue weighted by Crippen LogP contribution is -2.24. The van der Waals surface area contributed by atoms with Gasteiger partial charge in [0.15, 0.2) is 0 Å². The first kappa shape index (κ1) is 13.5. The molecule has 0 radical (unpaired) electrons. The van der Waals surface area contributed by atoms with Crippen LogP contribution in [0.3, 0.4) is 0 Å². The van der Waals surface area contributed by atoms with Gasteiger partial charge in [0.05, 0.1) is 18.8 Å². The van der Waals surface area contributed by atoms with Gasteiger partial charge < -0.3 is 10.0 Å². The lowest BCUT2D eigenvalue weighted by molar-refractivity contribution is 0.281. The Morgan fingerprint density at radius 3 is 2.68 bits per heavy atom. The van der Waals surface area contributed by atoms with Crippen molar-refractivity contribution in [3.05, 3.63) is 53.5 Å². The summed E-state index contributed by atoms with van der Waals surface area (Å²) in [5, 5.41) is 9.12. The highest BCUT2D eigenvalue weighted by Gasteiger charge is 2.10. The zero-order chi connectivity index (χ0) is 13.7. The van der Waals surface area contributed by atoms with E-state index in [1.165, 1.54) is 0 Å². The summed E-state index contributed by atoms with van der Waals surface area (Å²) in [5.74, 6) is 0.949. The lowest BCUT2D eigenvalue weighted by Gasteiger charge is -2.23. The Morgan fingerprint density at radius 2 is 2.11 bits per heavy atom. The summed E-state index contributed by atoms with van der Waals surface area (Å²) in [6.07, 6.45) is 3.53. The molecule has 0 saturated carbocycles. The fourth-order valence-electron chi connectivity index (χ4n) is 2.07. The van der Waals surface area contributed by atoms with E-state index in [2.05, 4.69) is 21.8 Å². The van der Waals surface area contributed by atoms with Gasteiger partial charge >= 0.3 is 0 Å². The van der Waals surface area contributed by atoms with E-state index in [0.29, 0.717) is 0 Å². The second-order valence-corrected chi connectivity index (χ2v) is 4.48. The van der Waals surface area contributed by atoms with Crippen molar-refractivity contribution in [3.8, 4) is 0 Å². The third-order valence-corrected chi connectivity index (χ3v) is 3.05. The smallest absolute Gasteiger partial charge is 0.131 e. The van der Waals surface area contributed by atoms with E-state index in [-0.39, 0.29) is 6.61 Å². The van der Waals surface area contributed by atoms with Crippen LogP contribution < -0.4 is 4.90 Å². The van der Waals surface area contributed by atoms with Crippen molar-refractivity contribution in [1.29, 1.82) is 0 Å². The summed E-state index contributed by atoms with van der Waals surface area (Å²) in [7, 11) is 0. The predicted molar refractivity (Wildman–Crippen MR) is 75.9 cm³/mol. The van der Waals surface area contributed by atoms with Gasteiger partial charge in [0.1, 0.15) is 5.82 Å². The van der Waals surface area contributed by atoms with Crippen molar-refractivity contribution >= 4 is 5.82 Å². The zero-order valence-electron chi connectivity index (χ0n) is 11.4. The molecule has 0 fully saturated rings. The maximum atomic E-state index is 9.12. The van der Waals surface area contributed by atoms with Crippen LogP contribution in [0, 0.1) is 6.92 Å². The van der Waals surface area contributed by atoms with E-state index in [0.717, 1.165) is 35.7 Å². The predicted octanol–water partition coefficient (Wildman–Crippen LogP) is 2.30. The molecule has 2 rings (SSSR count). The second kappa shape index (κ2) is 6.29. The molecule has 0 aliphatic rings. The van der Waals surface area contributed by atoms with Crippen LogP contribution in [0.4, 0.5) is 5.82 Å². The minimum atomic E-state index is 0.0283. The third-order valence-electron chi connectivity index (χ3n) is 3.05. The van der Waals surface area contributed by atoms with Crippen molar-refractivity contribution in [2.75, 3.05) is 11.4 Å². The standard InChI is InChI=1S/C15H19N3O/c1-3-18(10-14-6-4-5-7-16-14)15-12(2)8-13(11-19)9-17-15/h4-9,19H,3,10-11H2,1-2H3. The molecule has 0 bridgehead atoms. The molecule has 4 nitrogen and oxygen atoms in total. The highest BCUT2D eigenvalue weighted by atomic mass is 16.3. The van der Waals surface area contributed by atoms with E-state index in [9.17, 15) is 0 Å². The molecule has 0 spiro atoms. The Balaban J connectivity index is 2.22. The molecule has 0 amide bonds. The van der Waals surface area contributed by atoms with Crippen LogP contribution in [0.25, 0.3) is 0 Å². The van der Waals surface area contributed by atoms with Gasteiger partial charge in [0.2, 0.25) is 0 Å². The number of rotatable bonds is 5. The molecule has 0 unspecified atom stereocenters. The molecule has 19 heavy (non-hydrogen) atoms. The van der Waals surface area contributed by atoms with Crippen LogP contribution in [-0.2, 0) is 13.2 Å². The first-order valence-electron chi connectivity index (χ1n) is 6.45. The highest BCUT2D eigenvalue weighted by molar-refractivity contribution is 5.47. The first-order valence-corrected chi connectivity index (χ1v) is 6.45. The van der Waals surface area contributed by atoms with Crippen LogP contribution in [0.15, 0.2) is 36.7 Å². The number of aryl methyl sites for hydroxylation is 1. The van der Waals surface area contributed by atoms with Crippen LogP contribution in [0.5, 0.6) is 0 Å². The Kier molecular flexibility index (Phi) is 4.47. The van der Waals surface area contributed by atoms with Crippen molar-refractivity contribution in [2.24, 2.45) is 0 Å². The van der Waals surface area contributed by atoms with Crippen molar-refractivity contribution in [1.82, 2.24) is 9.97 Å². The van der Waals surface area contributed by atoms with Crippen molar-refractivity contribution in [2.45, 2.75) is 27.0 Å². The van der Waals surface area contributed by atoms with E-state index >= 15 is 0 Å². The molecule has 1 N–H and O–H groups in total. The average molecular weight is 257 g/mol. The van der Waals surface area contributed by atoms with Crippen LogP contribution in [0.1, 0.15) is 23.7 Å². The fraction of sp³-hybridized carbons (Fsp3) is 0.333. The van der Waals surface area contributed by atoms with E-state index in [1.54, 1.807) is 12.4 Å². The maximum absolute atomic E-state index is 9.12. The summed E-state index contributed by atoms with van der Waals surface area (Å²) in [4.78, 5) is 11.0. The minimum Gasteiger partial charge on any atom is -0.392 e. The van der Waals surface area contributed by atoms with Crippen LogP contribution >= 0.6 is 0 Å². The normalized spacial score (nSPS) is 10.5. The highest BCUT2D eigenvalue weighted by Crippen LogP contribution is 2.19. The van der Waals surface area contributed by atoms with Gasteiger partial charge in [-0.15, -0.1) is 0 Å². The SMILES string of the molecule is CCN(Cc1ccccn1)c1ncc(CO)cc1C. The van der Waals surface area contributed by atoms with E-state index < -0.39 is 0 Å². The fourth-order valence-corrected chi connectivity index (χ4v) is 2.07. The Hall–Kier alpha value is -1.94. The molecular weight excluding hydrogens is 238 g/mol. The number of aliphatic hydroxyl groups is 1. The summed E-state index contributed by atoms with van der Waals surface area (Å²) in [5.41, 5.74) is 2.94. The molecule has 2 aromatic heterocycles. The number of anilines is 1. The zero-order valence-corrected chi connectivity index (χ0v) is 11.4. The second-order valence-electron chi connectivity index (χ2n) is 4.48. The van der Waals surface area contributed by atoms with Gasteiger partial charge in [0, 0.05) is 18.9 Å².